The zero-order valence-electron chi connectivity index (χ0n) is 14.1. The largest absolute Gasteiger partial charge is 0.375 e. The van der Waals surface area contributed by atoms with Crippen molar-refractivity contribution in [2.75, 3.05) is 17.7 Å². The van der Waals surface area contributed by atoms with E-state index in [1.807, 2.05) is 4.68 Å². The van der Waals surface area contributed by atoms with E-state index in [2.05, 4.69) is 38.1 Å². The van der Waals surface area contributed by atoms with Gasteiger partial charge in [0, 0.05) is 11.9 Å². The molecule has 3 heterocycles. The molecule has 1 aromatic heterocycles. The maximum atomic E-state index is 12.6. The molecule has 3 rings (SSSR count). The lowest BCUT2D eigenvalue weighted by Crippen LogP contribution is -2.36. The Bertz CT molecular complexity index is 662. The third-order valence-corrected chi connectivity index (χ3v) is 6.11. The van der Waals surface area contributed by atoms with Crippen LogP contribution in [0.15, 0.2) is 4.79 Å². The summed E-state index contributed by atoms with van der Waals surface area (Å²) in [6, 6.07) is 0.131. The molecule has 2 aliphatic rings. The van der Waals surface area contributed by atoms with Gasteiger partial charge >= 0.3 is 0 Å². The van der Waals surface area contributed by atoms with Gasteiger partial charge in [0.2, 0.25) is 5.91 Å². The molecule has 1 fully saturated rings. The quantitative estimate of drug-likeness (QED) is 0.868. The van der Waals surface area contributed by atoms with Crippen molar-refractivity contribution < 1.29 is 9.53 Å². The molecule has 0 unspecified atom stereocenters. The first-order valence-electron chi connectivity index (χ1n) is 8.18. The van der Waals surface area contributed by atoms with Gasteiger partial charge in [0.1, 0.15) is 5.82 Å². The normalized spacial score (nSPS) is 27.4. The number of aromatic nitrogens is 2. The van der Waals surface area contributed by atoms with Crippen LogP contribution < -0.4 is 10.9 Å². The molecule has 0 aromatic carbocycles. The first-order valence-corrected chi connectivity index (χ1v) is 9.23. The van der Waals surface area contributed by atoms with E-state index in [0.717, 1.165) is 12.8 Å². The number of anilines is 1. The Balaban J connectivity index is 2.05. The summed E-state index contributed by atoms with van der Waals surface area (Å²) < 4.78 is 7.65. The van der Waals surface area contributed by atoms with Gasteiger partial charge in [-0.1, -0.05) is 13.8 Å². The van der Waals surface area contributed by atoms with Crippen LogP contribution in [-0.4, -0.2) is 33.6 Å². The standard InChI is InChI=1S/C16H25N3O3S/c1-9(2)13-12-14(17-11(20)8-23-13)19(18-15(12)21)10-5-6-22-16(3,4)7-10/h9-10,13H,5-8H2,1-4H3,(H,17,20)(H,18,21)/t10-,13+/m0/s1. The summed E-state index contributed by atoms with van der Waals surface area (Å²) in [4.78, 5) is 24.7. The Morgan fingerprint density at radius 2 is 2.09 bits per heavy atom. The number of carbonyl (C=O) groups is 1. The average molecular weight is 339 g/mol. The number of ether oxygens (including phenoxy) is 1. The van der Waals surface area contributed by atoms with E-state index in [-0.39, 0.29) is 34.3 Å². The number of amides is 1. The summed E-state index contributed by atoms with van der Waals surface area (Å²) in [6.07, 6.45) is 1.63. The molecule has 7 heteroatoms. The van der Waals surface area contributed by atoms with Gasteiger partial charge in [0.25, 0.3) is 5.56 Å². The average Bonchev–Trinajstić information content (AvgIpc) is 2.65. The number of carbonyl (C=O) groups excluding carboxylic acids is 1. The van der Waals surface area contributed by atoms with Crippen LogP contribution >= 0.6 is 11.8 Å². The first kappa shape index (κ1) is 16.6. The zero-order valence-corrected chi connectivity index (χ0v) is 15.0. The lowest BCUT2D eigenvalue weighted by molar-refractivity contribution is -0.113. The molecule has 1 saturated heterocycles. The fourth-order valence-corrected chi connectivity index (χ4v) is 4.66. The summed E-state index contributed by atoms with van der Waals surface area (Å²) >= 11 is 1.55. The van der Waals surface area contributed by atoms with Crippen molar-refractivity contribution in [2.45, 2.75) is 57.4 Å². The topological polar surface area (TPSA) is 76.1 Å². The fraction of sp³-hybridized carbons (Fsp3) is 0.750. The van der Waals surface area contributed by atoms with Crippen molar-refractivity contribution in [1.82, 2.24) is 9.78 Å². The van der Waals surface area contributed by atoms with E-state index in [4.69, 9.17) is 4.74 Å². The summed E-state index contributed by atoms with van der Waals surface area (Å²) in [5.41, 5.74) is 0.399. The van der Waals surface area contributed by atoms with E-state index in [1.165, 1.54) is 0 Å². The fourth-order valence-electron chi connectivity index (χ4n) is 3.49. The number of thioether (sulfide) groups is 1. The molecule has 0 spiro atoms. The van der Waals surface area contributed by atoms with Crippen LogP contribution in [0.3, 0.4) is 0 Å². The maximum Gasteiger partial charge on any atom is 0.270 e. The van der Waals surface area contributed by atoms with E-state index in [1.54, 1.807) is 11.8 Å². The van der Waals surface area contributed by atoms with Crippen LogP contribution in [0, 0.1) is 5.92 Å². The molecule has 0 aliphatic carbocycles. The van der Waals surface area contributed by atoms with Gasteiger partial charge in [-0.2, -0.15) is 0 Å². The van der Waals surface area contributed by atoms with Crippen molar-refractivity contribution >= 4 is 23.5 Å². The molecule has 23 heavy (non-hydrogen) atoms. The van der Waals surface area contributed by atoms with E-state index < -0.39 is 0 Å². The molecule has 0 radical (unpaired) electrons. The number of nitrogens with zero attached hydrogens (tertiary/aromatic N) is 1. The van der Waals surface area contributed by atoms with Gasteiger partial charge in [-0.25, -0.2) is 0 Å². The van der Waals surface area contributed by atoms with Crippen molar-refractivity contribution in [2.24, 2.45) is 5.92 Å². The summed E-state index contributed by atoms with van der Waals surface area (Å²) in [7, 11) is 0. The lowest BCUT2D eigenvalue weighted by atomic mass is 9.94. The third-order valence-electron chi connectivity index (χ3n) is 4.54. The van der Waals surface area contributed by atoms with E-state index >= 15 is 0 Å². The second-order valence-corrected chi connectivity index (χ2v) is 8.48. The van der Waals surface area contributed by atoms with Crippen LogP contribution in [0.25, 0.3) is 0 Å². The van der Waals surface area contributed by atoms with E-state index in [9.17, 15) is 9.59 Å². The lowest BCUT2D eigenvalue weighted by Gasteiger charge is -2.36. The molecule has 6 nitrogen and oxygen atoms in total. The number of hydrogen-bond acceptors (Lipinski definition) is 4. The van der Waals surface area contributed by atoms with Crippen molar-refractivity contribution in [3.8, 4) is 0 Å². The third kappa shape index (κ3) is 3.21. The zero-order chi connectivity index (χ0) is 16.8. The number of fused-ring (bicyclic) bond motifs is 1. The van der Waals surface area contributed by atoms with Gasteiger partial charge < -0.3 is 10.1 Å². The number of rotatable bonds is 2. The van der Waals surface area contributed by atoms with Crippen molar-refractivity contribution in [1.29, 1.82) is 0 Å². The highest BCUT2D eigenvalue weighted by Gasteiger charge is 2.36. The number of aromatic amines is 1. The van der Waals surface area contributed by atoms with Gasteiger partial charge in [0.15, 0.2) is 0 Å². The Hall–Kier alpha value is -1.21. The molecule has 1 amide bonds. The summed E-state index contributed by atoms with van der Waals surface area (Å²) in [6.45, 7) is 8.95. The highest BCUT2D eigenvalue weighted by atomic mass is 32.2. The Labute approximate surface area is 140 Å². The van der Waals surface area contributed by atoms with Crippen LogP contribution in [0.4, 0.5) is 5.82 Å². The summed E-state index contributed by atoms with van der Waals surface area (Å²) in [5.74, 6) is 1.29. The Morgan fingerprint density at radius 3 is 2.74 bits per heavy atom. The predicted octanol–water partition coefficient (Wildman–Crippen LogP) is 2.69. The van der Waals surface area contributed by atoms with Crippen LogP contribution in [-0.2, 0) is 9.53 Å². The molecule has 2 aliphatic heterocycles. The maximum absolute atomic E-state index is 12.6. The van der Waals surface area contributed by atoms with E-state index in [0.29, 0.717) is 23.7 Å². The van der Waals surface area contributed by atoms with Gasteiger partial charge in [0.05, 0.1) is 23.0 Å². The monoisotopic (exact) mass is 339 g/mol. The molecular formula is C16H25N3O3S. The minimum Gasteiger partial charge on any atom is -0.375 e. The summed E-state index contributed by atoms with van der Waals surface area (Å²) in [5, 5.41) is 5.96. The number of nitrogens with one attached hydrogen (secondary N) is 2. The molecule has 128 valence electrons. The minimum absolute atomic E-state index is 0.0294. The second-order valence-electron chi connectivity index (χ2n) is 7.35. The Morgan fingerprint density at radius 1 is 1.35 bits per heavy atom. The van der Waals surface area contributed by atoms with Crippen molar-refractivity contribution in [3.63, 3.8) is 0 Å². The van der Waals surface area contributed by atoms with Crippen LogP contribution in [0.2, 0.25) is 0 Å². The number of hydrogen-bond donors (Lipinski definition) is 2. The molecule has 0 saturated carbocycles. The smallest absolute Gasteiger partial charge is 0.270 e. The predicted molar refractivity (Wildman–Crippen MR) is 92.0 cm³/mol. The first-order chi connectivity index (χ1) is 10.8. The Kier molecular flexibility index (Phi) is 4.35. The molecule has 0 bridgehead atoms. The van der Waals surface area contributed by atoms with Gasteiger partial charge in [-0.3, -0.25) is 19.4 Å². The van der Waals surface area contributed by atoms with Crippen LogP contribution in [0.5, 0.6) is 0 Å². The molecule has 2 N–H and O–H groups in total. The highest BCUT2D eigenvalue weighted by molar-refractivity contribution is 8.00. The minimum atomic E-state index is -0.224. The molecule has 1 aromatic rings. The molecule has 2 atom stereocenters. The van der Waals surface area contributed by atoms with Gasteiger partial charge in [-0.05, 0) is 32.6 Å². The molecular weight excluding hydrogens is 314 g/mol. The number of H-pyrrole nitrogens is 1. The second kappa shape index (κ2) is 6.02. The highest BCUT2D eigenvalue weighted by Crippen LogP contribution is 2.42. The van der Waals surface area contributed by atoms with Crippen molar-refractivity contribution in [3.05, 3.63) is 15.9 Å². The van der Waals surface area contributed by atoms with Gasteiger partial charge in [-0.15, -0.1) is 11.8 Å². The van der Waals surface area contributed by atoms with Crippen LogP contribution in [0.1, 0.15) is 57.4 Å². The SMILES string of the molecule is CC(C)[C@H]1SCC(=O)Nc2c1c(=O)[nH]n2[C@H]1CCOC(C)(C)C1.